The van der Waals surface area contributed by atoms with Crippen molar-refractivity contribution in [1.82, 2.24) is 20.1 Å². The molecule has 6 saturated carbocycles. The molecule has 3 aromatic rings. The highest BCUT2D eigenvalue weighted by Crippen LogP contribution is 2.71. The molecule has 1 aromatic carbocycles. The Kier molecular flexibility index (Phi) is 6.49. The van der Waals surface area contributed by atoms with Crippen LogP contribution in [0.3, 0.4) is 0 Å². The molecule has 6 aliphatic carbocycles. The maximum absolute atomic E-state index is 14.4. The second-order valence-corrected chi connectivity index (χ2v) is 15.0. The van der Waals surface area contributed by atoms with Crippen LogP contribution in [0.25, 0.3) is 11.4 Å². The molecule has 4 bridgehead atoms. The third-order valence-corrected chi connectivity index (χ3v) is 10.7. The summed E-state index contributed by atoms with van der Waals surface area (Å²) in [5.41, 5.74) is 0.328. The van der Waals surface area contributed by atoms with Gasteiger partial charge in [0, 0.05) is 35.0 Å². The van der Waals surface area contributed by atoms with E-state index in [0.717, 1.165) is 55.6 Å². The molecular weight excluding hydrogens is 545 g/mol. The lowest BCUT2D eigenvalue weighted by Gasteiger charge is -2.66. The predicted molar refractivity (Wildman–Crippen MR) is 161 cm³/mol. The van der Waals surface area contributed by atoms with Crippen molar-refractivity contribution < 1.29 is 18.4 Å². The van der Waals surface area contributed by atoms with Gasteiger partial charge in [0.15, 0.2) is 17.4 Å². The summed E-state index contributed by atoms with van der Waals surface area (Å²) >= 11 is 0. The monoisotopic (exact) mass is 587 g/mol. The lowest BCUT2D eigenvalue weighted by Crippen LogP contribution is -2.65. The SMILES string of the molecule is CCOc1cnc(-c2cccc(N(CC34CCC(c5noc(C(C)(C)C)n5)(CC3)CC4)C(=O)CC34CC(F)(C3)C4)c2)nc1. The Hall–Kier alpha value is -3.36. The molecule has 0 N–H and O–H groups in total. The summed E-state index contributed by atoms with van der Waals surface area (Å²) < 4.78 is 25.6. The molecule has 0 radical (unpaired) electrons. The molecule has 2 aromatic heterocycles. The number of fused-ring (bicyclic) bond motifs is 3. The van der Waals surface area contributed by atoms with Gasteiger partial charge in [-0.3, -0.25) is 4.79 Å². The average Bonchev–Trinajstić information content (AvgIpc) is 3.49. The Bertz CT molecular complexity index is 1480. The zero-order valence-corrected chi connectivity index (χ0v) is 25.8. The van der Waals surface area contributed by atoms with Crippen LogP contribution in [0.5, 0.6) is 5.75 Å². The van der Waals surface area contributed by atoms with Crippen molar-refractivity contribution in [3.63, 3.8) is 0 Å². The highest BCUT2D eigenvalue weighted by Gasteiger charge is 2.69. The molecule has 0 saturated heterocycles. The van der Waals surface area contributed by atoms with Crippen LogP contribution in [0.4, 0.5) is 10.1 Å². The molecule has 0 aliphatic heterocycles. The first-order valence-electron chi connectivity index (χ1n) is 15.8. The van der Waals surface area contributed by atoms with Crippen molar-refractivity contribution in [3.05, 3.63) is 48.4 Å². The molecule has 2 heterocycles. The number of nitrogens with zero attached hydrogens (tertiary/aromatic N) is 5. The van der Waals surface area contributed by atoms with E-state index in [9.17, 15) is 9.18 Å². The minimum absolute atomic E-state index is 0.0282. The first kappa shape index (κ1) is 28.4. The summed E-state index contributed by atoms with van der Waals surface area (Å²) in [5.74, 6) is 2.85. The van der Waals surface area contributed by atoms with E-state index in [1.807, 2.05) is 36.1 Å². The summed E-state index contributed by atoms with van der Waals surface area (Å²) in [5, 5.41) is 4.45. The zero-order valence-electron chi connectivity index (χ0n) is 25.8. The highest BCUT2D eigenvalue weighted by atomic mass is 19.1. The van der Waals surface area contributed by atoms with Gasteiger partial charge in [0.25, 0.3) is 0 Å². The number of hydrogen-bond acceptors (Lipinski definition) is 7. The molecule has 6 aliphatic rings. The lowest BCUT2D eigenvalue weighted by molar-refractivity contribution is -0.215. The van der Waals surface area contributed by atoms with Crippen LogP contribution in [-0.2, 0) is 15.6 Å². The highest BCUT2D eigenvalue weighted by molar-refractivity contribution is 5.94. The van der Waals surface area contributed by atoms with E-state index in [-0.39, 0.29) is 27.6 Å². The van der Waals surface area contributed by atoms with E-state index in [2.05, 4.69) is 35.9 Å². The molecular formula is C34H42FN5O3. The largest absolute Gasteiger partial charge is 0.491 e. The molecule has 0 spiro atoms. The van der Waals surface area contributed by atoms with Crippen molar-refractivity contribution in [2.75, 3.05) is 18.1 Å². The molecule has 9 heteroatoms. The van der Waals surface area contributed by atoms with Crippen molar-refractivity contribution in [1.29, 1.82) is 0 Å². The van der Waals surface area contributed by atoms with Gasteiger partial charge in [-0.25, -0.2) is 14.4 Å². The summed E-state index contributed by atoms with van der Waals surface area (Å²) in [6.07, 6.45) is 11.3. The normalized spacial score (nSPS) is 30.8. The Balaban J connectivity index is 1.13. The summed E-state index contributed by atoms with van der Waals surface area (Å²) in [6, 6.07) is 7.97. The van der Waals surface area contributed by atoms with Crippen molar-refractivity contribution in [2.45, 2.75) is 108 Å². The van der Waals surface area contributed by atoms with Gasteiger partial charge in [-0.15, -0.1) is 0 Å². The number of ether oxygens (including phenoxy) is 1. The van der Waals surface area contributed by atoms with Gasteiger partial charge in [0.1, 0.15) is 5.67 Å². The number of alkyl halides is 1. The number of amides is 1. The minimum atomic E-state index is -1.02. The van der Waals surface area contributed by atoms with E-state index in [0.29, 0.717) is 56.3 Å². The van der Waals surface area contributed by atoms with Gasteiger partial charge in [-0.2, -0.15) is 4.98 Å². The van der Waals surface area contributed by atoms with Crippen molar-refractivity contribution in [2.24, 2.45) is 10.8 Å². The molecule has 8 nitrogen and oxygen atoms in total. The third-order valence-electron chi connectivity index (χ3n) is 10.7. The maximum Gasteiger partial charge on any atom is 0.232 e. The van der Waals surface area contributed by atoms with Gasteiger partial charge >= 0.3 is 0 Å². The number of anilines is 1. The number of aromatic nitrogens is 4. The van der Waals surface area contributed by atoms with Crippen LogP contribution in [0.15, 0.2) is 41.2 Å². The van der Waals surface area contributed by atoms with Crippen LogP contribution >= 0.6 is 0 Å². The van der Waals surface area contributed by atoms with E-state index >= 15 is 0 Å². The van der Waals surface area contributed by atoms with Gasteiger partial charge in [0.2, 0.25) is 11.8 Å². The van der Waals surface area contributed by atoms with Gasteiger partial charge in [0.05, 0.1) is 19.0 Å². The van der Waals surface area contributed by atoms with E-state index in [1.54, 1.807) is 12.4 Å². The number of carbonyl (C=O) groups is 1. The molecule has 9 rings (SSSR count). The smallest absolute Gasteiger partial charge is 0.232 e. The minimum Gasteiger partial charge on any atom is -0.491 e. The first-order chi connectivity index (χ1) is 20.4. The lowest BCUT2D eigenvalue weighted by atomic mass is 9.41. The summed E-state index contributed by atoms with van der Waals surface area (Å²) in [4.78, 5) is 30.0. The second-order valence-electron chi connectivity index (χ2n) is 15.0. The van der Waals surface area contributed by atoms with Crippen LogP contribution in [0.2, 0.25) is 0 Å². The summed E-state index contributed by atoms with van der Waals surface area (Å²) in [7, 11) is 0. The van der Waals surface area contributed by atoms with Gasteiger partial charge in [-0.05, 0) is 87.7 Å². The predicted octanol–water partition coefficient (Wildman–Crippen LogP) is 7.13. The van der Waals surface area contributed by atoms with Crippen LogP contribution < -0.4 is 9.64 Å². The van der Waals surface area contributed by atoms with E-state index in [1.165, 1.54) is 0 Å². The molecule has 0 unspecified atom stereocenters. The van der Waals surface area contributed by atoms with Gasteiger partial charge < -0.3 is 14.2 Å². The number of rotatable bonds is 9. The fraction of sp³-hybridized carbons (Fsp3) is 0.618. The maximum atomic E-state index is 14.4. The first-order valence-corrected chi connectivity index (χ1v) is 15.8. The summed E-state index contributed by atoms with van der Waals surface area (Å²) in [6.45, 7) is 9.42. The number of hydrogen-bond donors (Lipinski definition) is 0. The topological polar surface area (TPSA) is 94.2 Å². The second kappa shape index (κ2) is 9.83. The molecule has 228 valence electrons. The number of halogens is 1. The van der Waals surface area contributed by atoms with Crippen LogP contribution in [0.1, 0.15) is 104 Å². The Labute approximate surface area is 252 Å². The Morgan fingerprint density at radius 1 is 1.02 bits per heavy atom. The number of benzene rings is 1. The van der Waals surface area contributed by atoms with Gasteiger partial charge in [-0.1, -0.05) is 38.1 Å². The average molecular weight is 588 g/mol. The fourth-order valence-corrected chi connectivity index (χ4v) is 8.22. The molecule has 6 fully saturated rings. The Morgan fingerprint density at radius 2 is 1.70 bits per heavy atom. The van der Waals surface area contributed by atoms with Crippen molar-refractivity contribution >= 4 is 11.6 Å². The van der Waals surface area contributed by atoms with E-state index < -0.39 is 5.67 Å². The van der Waals surface area contributed by atoms with Crippen molar-refractivity contribution in [3.8, 4) is 17.1 Å². The van der Waals surface area contributed by atoms with Crippen LogP contribution in [0, 0.1) is 10.8 Å². The third kappa shape index (κ3) is 5.02. The molecule has 0 atom stereocenters. The standard InChI is InChI=1S/C34H42FN5O3/c1-5-42-25-17-36-27(37-18-25)23-7-6-8-24(15-23)40(26(41)16-32-19-34(35,20-32)21-32)22-31-9-12-33(13-10-31,14-11-31)28-38-29(43-39-28)30(2,3)4/h6-8,15,17-18H,5,9-14,16,19-22H2,1-4H3. The fourth-order valence-electron chi connectivity index (χ4n) is 8.22. The van der Waals surface area contributed by atoms with Crippen LogP contribution in [-0.4, -0.2) is 44.8 Å². The zero-order chi connectivity index (χ0) is 30.1. The van der Waals surface area contributed by atoms with E-state index in [4.69, 9.17) is 14.2 Å². The molecule has 1 amide bonds. The number of carbonyl (C=O) groups excluding carboxylic acids is 1. The Morgan fingerprint density at radius 3 is 2.28 bits per heavy atom. The quantitative estimate of drug-likeness (QED) is 0.263. The molecule has 43 heavy (non-hydrogen) atoms.